The zero-order chi connectivity index (χ0) is 23.0. The summed E-state index contributed by atoms with van der Waals surface area (Å²) in [5, 5.41) is 2.57. The largest absolute Gasteiger partial charge is 0.350 e. The topological polar surface area (TPSA) is 36.4 Å². The van der Waals surface area contributed by atoms with Crippen molar-refractivity contribution in [2.45, 2.75) is 65.5 Å². The molecular formula is C25H34FN3OS. The van der Waals surface area contributed by atoms with Crippen molar-refractivity contribution in [3.05, 3.63) is 65.0 Å². The Morgan fingerprint density at radius 3 is 2.32 bits per heavy atom. The summed E-state index contributed by atoms with van der Waals surface area (Å²) < 4.78 is 13.2. The van der Waals surface area contributed by atoms with E-state index < -0.39 is 0 Å². The maximum absolute atomic E-state index is 13.4. The van der Waals surface area contributed by atoms with Crippen molar-refractivity contribution >= 4 is 28.5 Å². The first kappa shape index (κ1) is 24.8. The quantitative estimate of drug-likeness (QED) is 0.360. The zero-order valence-corrected chi connectivity index (χ0v) is 20.1. The zero-order valence-electron chi connectivity index (χ0n) is 19.3. The molecule has 2 aromatic rings. The Labute approximate surface area is 190 Å². The number of carbonyl (C=O) groups excluding carboxylic acids is 1. The third kappa shape index (κ3) is 6.50. The van der Waals surface area contributed by atoms with Crippen LogP contribution in [0.4, 0.5) is 10.1 Å². The van der Waals surface area contributed by atoms with E-state index in [2.05, 4.69) is 39.3 Å². The summed E-state index contributed by atoms with van der Waals surface area (Å²) in [6.45, 7) is 12.4. The lowest BCUT2D eigenvalue weighted by atomic mass is 10.0. The molecule has 0 spiro atoms. The molecule has 1 aromatic carbocycles. The Balaban J connectivity index is 2.28. The van der Waals surface area contributed by atoms with E-state index in [1.54, 1.807) is 18.2 Å². The standard InChI is InChI=1S/C25H34FN3OS/c1-7-10-22(11-8-2)29(18(4)5)25(30)23-17-31-24(27-23)19(9-3)16-28(6)21-14-12-20(26)13-15-21/h9,12-18,22H,3,7-8,10-11H2,1-2,4-6H3/b19-16+. The molecule has 168 valence electrons. The van der Waals surface area contributed by atoms with Crippen molar-refractivity contribution in [1.82, 2.24) is 9.88 Å². The van der Waals surface area contributed by atoms with Gasteiger partial charge in [0.05, 0.1) is 0 Å². The van der Waals surface area contributed by atoms with E-state index in [9.17, 15) is 9.18 Å². The van der Waals surface area contributed by atoms with Gasteiger partial charge in [0.15, 0.2) is 0 Å². The van der Waals surface area contributed by atoms with Crippen LogP contribution >= 0.6 is 11.3 Å². The van der Waals surface area contributed by atoms with Crippen molar-refractivity contribution in [2.75, 3.05) is 11.9 Å². The third-order valence-electron chi connectivity index (χ3n) is 5.18. The summed E-state index contributed by atoms with van der Waals surface area (Å²) in [6.07, 6.45) is 7.70. The van der Waals surface area contributed by atoms with E-state index in [-0.39, 0.29) is 23.8 Å². The van der Waals surface area contributed by atoms with Gasteiger partial charge in [-0.15, -0.1) is 11.3 Å². The van der Waals surface area contributed by atoms with Gasteiger partial charge in [0.2, 0.25) is 0 Å². The number of benzene rings is 1. The van der Waals surface area contributed by atoms with Crippen LogP contribution in [-0.2, 0) is 0 Å². The van der Waals surface area contributed by atoms with E-state index in [1.165, 1.54) is 23.5 Å². The Kier molecular flexibility index (Phi) is 9.44. The fraction of sp³-hybridized carbons (Fsp3) is 0.440. The molecule has 31 heavy (non-hydrogen) atoms. The van der Waals surface area contributed by atoms with Crippen molar-refractivity contribution in [1.29, 1.82) is 0 Å². The highest BCUT2D eigenvalue weighted by Crippen LogP contribution is 2.25. The van der Waals surface area contributed by atoms with Crippen LogP contribution in [0.1, 0.15) is 68.9 Å². The minimum absolute atomic E-state index is 0.0142. The van der Waals surface area contributed by atoms with Gasteiger partial charge in [0, 0.05) is 42.0 Å². The number of hydrogen-bond donors (Lipinski definition) is 0. The second kappa shape index (κ2) is 11.8. The van der Waals surface area contributed by atoms with E-state index >= 15 is 0 Å². The number of amides is 1. The minimum Gasteiger partial charge on any atom is -0.350 e. The van der Waals surface area contributed by atoms with Gasteiger partial charge in [-0.25, -0.2) is 9.37 Å². The molecule has 0 N–H and O–H groups in total. The summed E-state index contributed by atoms with van der Waals surface area (Å²) in [5.74, 6) is -0.285. The summed E-state index contributed by atoms with van der Waals surface area (Å²) in [7, 11) is 1.89. The first-order valence-electron chi connectivity index (χ1n) is 10.9. The molecule has 0 aliphatic heterocycles. The SMILES string of the molecule is C=C/C(=C\N(C)c1ccc(F)cc1)c1nc(C(=O)N(C(C)C)C(CCC)CCC)cs1. The highest BCUT2D eigenvalue weighted by molar-refractivity contribution is 7.11. The number of anilines is 1. The van der Waals surface area contributed by atoms with Gasteiger partial charge in [0.1, 0.15) is 16.5 Å². The van der Waals surface area contributed by atoms with Gasteiger partial charge < -0.3 is 9.80 Å². The molecule has 0 atom stereocenters. The Hall–Kier alpha value is -2.47. The molecule has 0 aliphatic rings. The molecule has 0 aliphatic carbocycles. The number of aromatic nitrogens is 1. The summed E-state index contributed by atoms with van der Waals surface area (Å²) in [5.41, 5.74) is 2.13. The molecule has 0 saturated carbocycles. The molecule has 4 nitrogen and oxygen atoms in total. The van der Waals surface area contributed by atoms with Gasteiger partial charge in [-0.05, 0) is 51.0 Å². The van der Waals surface area contributed by atoms with Crippen molar-refractivity contribution < 1.29 is 9.18 Å². The number of carbonyl (C=O) groups is 1. The molecule has 1 amide bonds. The summed E-state index contributed by atoms with van der Waals surface area (Å²) in [4.78, 5) is 21.9. The molecule has 0 unspecified atom stereocenters. The lowest BCUT2D eigenvalue weighted by Gasteiger charge is -2.34. The molecule has 0 bridgehead atoms. The monoisotopic (exact) mass is 443 g/mol. The van der Waals surface area contributed by atoms with Gasteiger partial charge in [-0.1, -0.05) is 39.3 Å². The van der Waals surface area contributed by atoms with Crippen LogP contribution in [-0.4, -0.2) is 34.9 Å². The van der Waals surface area contributed by atoms with Gasteiger partial charge in [-0.2, -0.15) is 0 Å². The molecule has 0 fully saturated rings. The number of thiazole rings is 1. The van der Waals surface area contributed by atoms with Crippen molar-refractivity contribution in [3.8, 4) is 0 Å². The predicted octanol–water partition coefficient (Wildman–Crippen LogP) is 6.76. The second-order valence-electron chi connectivity index (χ2n) is 7.95. The van der Waals surface area contributed by atoms with Crippen LogP contribution in [0, 0.1) is 5.82 Å². The summed E-state index contributed by atoms with van der Waals surface area (Å²) >= 11 is 1.43. The maximum Gasteiger partial charge on any atom is 0.273 e. The Morgan fingerprint density at radius 1 is 1.19 bits per heavy atom. The van der Waals surface area contributed by atoms with Crippen LogP contribution < -0.4 is 4.90 Å². The van der Waals surface area contributed by atoms with Crippen LogP contribution in [0.3, 0.4) is 0 Å². The van der Waals surface area contributed by atoms with Gasteiger partial charge in [0.25, 0.3) is 5.91 Å². The predicted molar refractivity (Wildman–Crippen MR) is 130 cm³/mol. The van der Waals surface area contributed by atoms with E-state index in [0.717, 1.165) is 42.0 Å². The van der Waals surface area contributed by atoms with Crippen molar-refractivity contribution in [3.63, 3.8) is 0 Å². The Bertz CT molecular complexity index is 882. The first-order valence-corrected chi connectivity index (χ1v) is 11.8. The highest BCUT2D eigenvalue weighted by atomic mass is 32.1. The molecule has 2 rings (SSSR count). The molecule has 0 saturated heterocycles. The van der Waals surface area contributed by atoms with E-state index in [0.29, 0.717) is 5.69 Å². The fourth-order valence-corrected chi connectivity index (χ4v) is 4.50. The summed E-state index contributed by atoms with van der Waals surface area (Å²) in [6, 6.07) is 6.62. The molecule has 1 aromatic heterocycles. The average molecular weight is 444 g/mol. The normalized spacial score (nSPS) is 11.8. The van der Waals surface area contributed by atoms with Gasteiger partial charge >= 0.3 is 0 Å². The van der Waals surface area contributed by atoms with Crippen LogP contribution in [0.2, 0.25) is 0 Å². The van der Waals surface area contributed by atoms with Gasteiger partial charge in [-0.3, -0.25) is 4.79 Å². The van der Waals surface area contributed by atoms with Crippen LogP contribution in [0.15, 0.2) is 48.5 Å². The molecule has 6 heteroatoms. The average Bonchev–Trinajstić information content (AvgIpc) is 3.22. The van der Waals surface area contributed by atoms with Crippen LogP contribution in [0.5, 0.6) is 0 Å². The fourth-order valence-electron chi connectivity index (χ4n) is 3.70. The highest BCUT2D eigenvalue weighted by Gasteiger charge is 2.28. The van der Waals surface area contributed by atoms with E-state index in [4.69, 9.17) is 0 Å². The molecule has 1 heterocycles. The lowest BCUT2D eigenvalue weighted by Crippen LogP contribution is -2.45. The lowest BCUT2D eigenvalue weighted by molar-refractivity contribution is 0.0576. The third-order valence-corrected chi connectivity index (χ3v) is 6.08. The molecule has 0 radical (unpaired) electrons. The smallest absolute Gasteiger partial charge is 0.273 e. The number of allylic oxidation sites excluding steroid dienone is 2. The first-order chi connectivity index (χ1) is 14.8. The van der Waals surface area contributed by atoms with Crippen molar-refractivity contribution in [2.24, 2.45) is 0 Å². The molecular weight excluding hydrogens is 409 g/mol. The number of halogens is 1. The second-order valence-corrected chi connectivity index (χ2v) is 8.81. The number of nitrogens with zero attached hydrogens (tertiary/aromatic N) is 3. The Morgan fingerprint density at radius 2 is 1.81 bits per heavy atom. The minimum atomic E-state index is -0.271. The van der Waals surface area contributed by atoms with Crippen LogP contribution in [0.25, 0.3) is 5.57 Å². The number of rotatable bonds is 11. The van der Waals surface area contributed by atoms with E-state index in [1.807, 2.05) is 28.4 Å². The number of hydrogen-bond acceptors (Lipinski definition) is 4. The maximum atomic E-state index is 13.4.